The van der Waals surface area contributed by atoms with Gasteiger partial charge in [-0.3, -0.25) is 4.90 Å². The molecule has 106 valence electrons. The van der Waals surface area contributed by atoms with Gasteiger partial charge in [0.2, 0.25) is 0 Å². The quantitative estimate of drug-likeness (QED) is 0.841. The van der Waals surface area contributed by atoms with E-state index in [4.69, 9.17) is 4.74 Å². The number of ether oxygens (including phenoxy) is 1. The summed E-state index contributed by atoms with van der Waals surface area (Å²) in [5.74, 6) is 0.905. The van der Waals surface area contributed by atoms with Crippen LogP contribution in [0.4, 0.5) is 0 Å². The molecule has 0 N–H and O–H groups in total. The lowest BCUT2D eigenvalue weighted by Crippen LogP contribution is -2.45. The molecule has 1 aromatic carbocycles. The zero-order chi connectivity index (χ0) is 14.1. The van der Waals surface area contributed by atoms with Gasteiger partial charge in [-0.05, 0) is 26.8 Å². The molecule has 0 bridgehead atoms. The number of aryl methyl sites for hydroxylation is 1. The molecule has 0 amide bonds. The third kappa shape index (κ3) is 2.81. The smallest absolute Gasteiger partial charge is 0.143 e. The monoisotopic (exact) mass is 271 g/mol. The van der Waals surface area contributed by atoms with Crippen LogP contribution < -0.4 is 0 Å². The molecular formula is C16H21N3O. The molecule has 2 atom stereocenters. The minimum atomic E-state index is 0.278. The van der Waals surface area contributed by atoms with Crippen LogP contribution in [0.15, 0.2) is 24.3 Å². The van der Waals surface area contributed by atoms with Crippen LogP contribution in [0.1, 0.15) is 25.4 Å². The summed E-state index contributed by atoms with van der Waals surface area (Å²) in [7, 11) is 0. The van der Waals surface area contributed by atoms with E-state index in [0.717, 1.165) is 42.1 Å². The number of fused-ring (bicyclic) bond motifs is 1. The van der Waals surface area contributed by atoms with E-state index in [2.05, 4.69) is 47.8 Å². The van der Waals surface area contributed by atoms with Gasteiger partial charge >= 0.3 is 0 Å². The van der Waals surface area contributed by atoms with Crippen molar-refractivity contribution >= 4 is 10.9 Å². The van der Waals surface area contributed by atoms with E-state index in [1.165, 1.54) is 0 Å². The minimum absolute atomic E-state index is 0.278. The molecule has 1 aromatic heterocycles. The summed E-state index contributed by atoms with van der Waals surface area (Å²) in [6.45, 7) is 8.98. The fourth-order valence-corrected chi connectivity index (χ4v) is 2.98. The maximum absolute atomic E-state index is 5.77. The summed E-state index contributed by atoms with van der Waals surface area (Å²) >= 11 is 0. The topological polar surface area (TPSA) is 38.2 Å². The van der Waals surface area contributed by atoms with E-state index >= 15 is 0 Å². The van der Waals surface area contributed by atoms with Gasteiger partial charge in [0, 0.05) is 24.2 Å². The molecule has 0 spiro atoms. The van der Waals surface area contributed by atoms with Crippen LogP contribution in [0, 0.1) is 6.92 Å². The molecule has 1 fully saturated rings. The molecular weight excluding hydrogens is 250 g/mol. The highest BCUT2D eigenvalue weighted by Crippen LogP contribution is 2.17. The second-order valence-electron chi connectivity index (χ2n) is 5.69. The predicted molar refractivity (Wildman–Crippen MR) is 79.6 cm³/mol. The largest absolute Gasteiger partial charge is 0.373 e. The molecule has 4 heteroatoms. The maximum atomic E-state index is 5.77. The predicted octanol–water partition coefficient (Wildman–Crippen LogP) is 2.55. The fraction of sp³-hybridized carbons (Fsp3) is 0.500. The summed E-state index contributed by atoms with van der Waals surface area (Å²) in [6.07, 6.45) is 0.556. The van der Waals surface area contributed by atoms with Gasteiger partial charge < -0.3 is 4.74 Å². The zero-order valence-corrected chi connectivity index (χ0v) is 12.3. The highest BCUT2D eigenvalue weighted by Gasteiger charge is 2.22. The standard InChI is InChI=1S/C16H21N3O/c1-11-8-19(9-12(2)20-11)10-16-17-13(3)14-6-4-5-7-15(14)18-16/h4-7,11-12H,8-10H2,1-3H3/t11-,12-/m1/s1. The van der Waals surface area contributed by atoms with Gasteiger partial charge in [-0.25, -0.2) is 9.97 Å². The zero-order valence-electron chi connectivity index (χ0n) is 12.3. The first-order valence-electron chi connectivity index (χ1n) is 7.22. The Balaban J connectivity index is 1.84. The van der Waals surface area contributed by atoms with Crippen LogP contribution in [-0.2, 0) is 11.3 Å². The van der Waals surface area contributed by atoms with Gasteiger partial charge in [-0.1, -0.05) is 18.2 Å². The maximum Gasteiger partial charge on any atom is 0.143 e. The van der Waals surface area contributed by atoms with Crippen LogP contribution in [0.5, 0.6) is 0 Å². The Hall–Kier alpha value is -1.52. The van der Waals surface area contributed by atoms with Gasteiger partial charge in [0.15, 0.2) is 0 Å². The number of hydrogen-bond donors (Lipinski definition) is 0. The second kappa shape index (κ2) is 5.46. The summed E-state index contributed by atoms with van der Waals surface area (Å²) < 4.78 is 5.77. The van der Waals surface area contributed by atoms with E-state index in [9.17, 15) is 0 Å². The molecule has 1 saturated heterocycles. The summed E-state index contributed by atoms with van der Waals surface area (Å²) in [4.78, 5) is 11.7. The van der Waals surface area contributed by atoms with Gasteiger partial charge in [0.1, 0.15) is 5.82 Å². The number of rotatable bonds is 2. The fourth-order valence-electron chi connectivity index (χ4n) is 2.98. The average molecular weight is 271 g/mol. The van der Waals surface area contributed by atoms with Crippen molar-refractivity contribution in [2.45, 2.75) is 39.5 Å². The van der Waals surface area contributed by atoms with Crippen molar-refractivity contribution in [1.29, 1.82) is 0 Å². The Morgan fingerprint density at radius 3 is 2.60 bits per heavy atom. The van der Waals surface area contributed by atoms with Crippen molar-refractivity contribution in [1.82, 2.24) is 14.9 Å². The van der Waals surface area contributed by atoms with Gasteiger partial charge in [-0.15, -0.1) is 0 Å². The summed E-state index contributed by atoms with van der Waals surface area (Å²) in [5, 5.41) is 1.14. The minimum Gasteiger partial charge on any atom is -0.373 e. The highest BCUT2D eigenvalue weighted by molar-refractivity contribution is 5.80. The molecule has 3 rings (SSSR count). The van der Waals surface area contributed by atoms with Crippen molar-refractivity contribution in [3.05, 3.63) is 35.8 Å². The first-order chi connectivity index (χ1) is 9.61. The molecule has 4 nitrogen and oxygen atoms in total. The highest BCUT2D eigenvalue weighted by atomic mass is 16.5. The van der Waals surface area contributed by atoms with Crippen molar-refractivity contribution in [3.8, 4) is 0 Å². The van der Waals surface area contributed by atoms with E-state index in [0.29, 0.717) is 0 Å². The van der Waals surface area contributed by atoms with Crippen LogP contribution in [-0.4, -0.2) is 40.2 Å². The summed E-state index contributed by atoms with van der Waals surface area (Å²) in [5.41, 5.74) is 2.09. The third-order valence-electron chi connectivity index (χ3n) is 3.70. The second-order valence-corrected chi connectivity index (χ2v) is 5.69. The molecule has 2 aromatic rings. The van der Waals surface area contributed by atoms with Crippen LogP contribution >= 0.6 is 0 Å². The Morgan fingerprint density at radius 1 is 1.15 bits per heavy atom. The molecule has 0 unspecified atom stereocenters. The van der Waals surface area contributed by atoms with E-state index in [1.54, 1.807) is 0 Å². The van der Waals surface area contributed by atoms with Gasteiger partial charge in [0.05, 0.1) is 24.3 Å². The Morgan fingerprint density at radius 2 is 1.85 bits per heavy atom. The van der Waals surface area contributed by atoms with Crippen molar-refractivity contribution in [3.63, 3.8) is 0 Å². The number of nitrogens with zero attached hydrogens (tertiary/aromatic N) is 3. The molecule has 1 aliphatic rings. The molecule has 1 aliphatic heterocycles. The first-order valence-corrected chi connectivity index (χ1v) is 7.22. The van der Waals surface area contributed by atoms with Gasteiger partial charge in [-0.2, -0.15) is 0 Å². The molecule has 2 heterocycles. The SMILES string of the molecule is Cc1nc(CN2C[C@@H](C)O[C@H](C)C2)nc2ccccc12. The number of para-hydroxylation sites is 1. The van der Waals surface area contributed by atoms with E-state index in [-0.39, 0.29) is 12.2 Å². The van der Waals surface area contributed by atoms with E-state index in [1.807, 2.05) is 12.1 Å². The molecule has 0 aliphatic carbocycles. The lowest BCUT2D eigenvalue weighted by atomic mass is 10.2. The lowest BCUT2D eigenvalue weighted by Gasteiger charge is -2.34. The first kappa shape index (κ1) is 13.5. The van der Waals surface area contributed by atoms with Crippen LogP contribution in [0.2, 0.25) is 0 Å². The van der Waals surface area contributed by atoms with Gasteiger partial charge in [0.25, 0.3) is 0 Å². The van der Waals surface area contributed by atoms with Crippen LogP contribution in [0.3, 0.4) is 0 Å². The number of morpholine rings is 1. The molecule has 20 heavy (non-hydrogen) atoms. The van der Waals surface area contributed by atoms with E-state index < -0.39 is 0 Å². The van der Waals surface area contributed by atoms with Crippen molar-refractivity contribution < 1.29 is 4.74 Å². The van der Waals surface area contributed by atoms with Crippen molar-refractivity contribution in [2.75, 3.05) is 13.1 Å². The third-order valence-corrected chi connectivity index (χ3v) is 3.70. The number of benzene rings is 1. The summed E-state index contributed by atoms with van der Waals surface area (Å²) in [6, 6.07) is 8.19. The van der Waals surface area contributed by atoms with Crippen molar-refractivity contribution in [2.24, 2.45) is 0 Å². The lowest BCUT2D eigenvalue weighted by molar-refractivity contribution is -0.0710. The Bertz CT molecular complexity index is 604. The number of hydrogen-bond acceptors (Lipinski definition) is 4. The number of aromatic nitrogens is 2. The Kier molecular flexibility index (Phi) is 3.68. The molecule has 0 saturated carbocycles. The average Bonchev–Trinajstić information content (AvgIpc) is 2.37. The normalized spacial score (nSPS) is 24.1. The van der Waals surface area contributed by atoms with Crippen LogP contribution in [0.25, 0.3) is 10.9 Å². The Labute approximate surface area is 119 Å². The molecule has 0 radical (unpaired) electrons.